The van der Waals surface area contributed by atoms with Gasteiger partial charge in [0.05, 0.1) is 16.7 Å². The number of ether oxygens (including phenoxy) is 1. The molecule has 2 aromatic carbocycles. The number of nitrogens with two attached hydrogens (primary N) is 1. The molecule has 2 aromatic rings. The fourth-order valence-corrected chi connectivity index (χ4v) is 3.32. The van der Waals surface area contributed by atoms with Gasteiger partial charge in [-0.25, -0.2) is 4.79 Å². The first-order chi connectivity index (χ1) is 13.0. The number of carbonyl (C=O) groups is 1. The van der Waals surface area contributed by atoms with Crippen LogP contribution in [0.2, 0.25) is 10.0 Å². The van der Waals surface area contributed by atoms with Crippen molar-refractivity contribution in [3.63, 3.8) is 0 Å². The van der Waals surface area contributed by atoms with Gasteiger partial charge in [-0.3, -0.25) is 0 Å². The Bertz CT molecular complexity index is 928. The SMILES string of the molecule is CCOC(=O)C1=Cc2cc(-c3cccc(Cl)c3Cl)ccc2NC(N=NN)C1. The number of hydrogen-bond donors (Lipinski definition) is 2. The largest absolute Gasteiger partial charge is 0.463 e. The quantitative estimate of drug-likeness (QED) is 0.322. The Labute approximate surface area is 167 Å². The normalized spacial score (nSPS) is 16.3. The van der Waals surface area contributed by atoms with Crippen molar-refractivity contribution in [1.29, 1.82) is 0 Å². The van der Waals surface area contributed by atoms with Crippen molar-refractivity contribution in [2.24, 2.45) is 16.2 Å². The summed E-state index contributed by atoms with van der Waals surface area (Å²) in [6.45, 7) is 2.05. The lowest BCUT2D eigenvalue weighted by atomic mass is 10.0. The second kappa shape index (κ2) is 8.41. The van der Waals surface area contributed by atoms with Crippen LogP contribution in [0.15, 0.2) is 52.3 Å². The summed E-state index contributed by atoms with van der Waals surface area (Å²) in [5.41, 5.74) is 3.77. The fraction of sp³-hybridized carbons (Fsp3) is 0.211. The van der Waals surface area contributed by atoms with Crippen LogP contribution < -0.4 is 11.2 Å². The van der Waals surface area contributed by atoms with Crippen molar-refractivity contribution >= 4 is 40.9 Å². The van der Waals surface area contributed by atoms with Crippen LogP contribution in [0.25, 0.3) is 17.2 Å². The Hall–Kier alpha value is -2.57. The van der Waals surface area contributed by atoms with Crippen molar-refractivity contribution < 1.29 is 9.53 Å². The molecule has 0 saturated carbocycles. The number of rotatable bonds is 4. The molecule has 1 heterocycles. The number of anilines is 1. The first-order valence-electron chi connectivity index (χ1n) is 8.36. The molecule has 140 valence electrons. The minimum absolute atomic E-state index is 0.289. The van der Waals surface area contributed by atoms with Gasteiger partial charge in [-0.2, -0.15) is 0 Å². The van der Waals surface area contributed by atoms with E-state index in [2.05, 4.69) is 15.7 Å². The summed E-state index contributed by atoms with van der Waals surface area (Å²) in [5.74, 6) is 4.80. The van der Waals surface area contributed by atoms with Crippen LogP contribution in [-0.2, 0) is 9.53 Å². The van der Waals surface area contributed by atoms with Gasteiger partial charge in [0.25, 0.3) is 0 Å². The molecule has 1 unspecified atom stereocenters. The number of nitrogens with zero attached hydrogens (tertiary/aromatic N) is 2. The number of fused-ring (bicyclic) bond motifs is 1. The summed E-state index contributed by atoms with van der Waals surface area (Å²) in [5, 5.41) is 11.5. The van der Waals surface area contributed by atoms with E-state index in [1.807, 2.05) is 30.3 Å². The van der Waals surface area contributed by atoms with Gasteiger partial charge in [0.15, 0.2) is 0 Å². The molecule has 0 bridgehead atoms. The van der Waals surface area contributed by atoms with E-state index < -0.39 is 12.1 Å². The third-order valence-electron chi connectivity index (χ3n) is 4.12. The Morgan fingerprint density at radius 1 is 1.33 bits per heavy atom. The highest BCUT2D eigenvalue weighted by molar-refractivity contribution is 6.43. The Kier molecular flexibility index (Phi) is 5.98. The molecular formula is C19H18Cl2N4O2. The maximum atomic E-state index is 12.3. The zero-order chi connectivity index (χ0) is 19.4. The summed E-state index contributed by atoms with van der Waals surface area (Å²) >= 11 is 12.5. The number of benzene rings is 2. The molecule has 3 N–H and O–H groups in total. The van der Waals surface area contributed by atoms with Crippen LogP contribution in [0.1, 0.15) is 18.9 Å². The molecule has 8 heteroatoms. The molecule has 0 aliphatic carbocycles. The van der Waals surface area contributed by atoms with E-state index in [1.54, 1.807) is 19.1 Å². The predicted molar refractivity (Wildman–Crippen MR) is 108 cm³/mol. The van der Waals surface area contributed by atoms with E-state index in [-0.39, 0.29) is 6.61 Å². The molecule has 1 atom stereocenters. The lowest BCUT2D eigenvalue weighted by Crippen LogP contribution is -2.19. The van der Waals surface area contributed by atoms with Gasteiger partial charge in [0.1, 0.15) is 6.17 Å². The summed E-state index contributed by atoms with van der Waals surface area (Å²) < 4.78 is 5.15. The molecule has 1 aliphatic rings. The van der Waals surface area contributed by atoms with Crippen LogP contribution in [0.3, 0.4) is 0 Å². The lowest BCUT2D eigenvalue weighted by Gasteiger charge is -2.14. The van der Waals surface area contributed by atoms with E-state index in [0.29, 0.717) is 22.0 Å². The second-order valence-corrected chi connectivity index (χ2v) is 6.67. The molecule has 0 radical (unpaired) electrons. The molecule has 1 aliphatic heterocycles. The predicted octanol–water partition coefficient (Wildman–Crippen LogP) is 5.07. The fourth-order valence-electron chi connectivity index (χ4n) is 2.91. The Morgan fingerprint density at radius 2 is 2.15 bits per heavy atom. The lowest BCUT2D eigenvalue weighted by molar-refractivity contribution is -0.138. The average Bonchev–Trinajstić information content (AvgIpc) is 2.83. The number of halogens is 2. The zero-order valence-electron chi connectivity index (χ0n) is 14.6. The standard InChI is InChI=1S/C19H18Cl2N4O2/c1-2-27-19(26)13-9-12-8-11(14-4-3-5-15(20)18(14)21)6-7-16(12)23-17(10-13)24-25-22/h3-9,17,23H,2,10H2,1H3,(H2,22,24). The van der Waals surface area contributed by atoms with Crippen LogP contribution in [0.4, 0.5) is 5.69 Å². The first-order valence-corrected chi connectivity index (χ1v) is 9.11. The van der Waals surface area contributed by atoms with Gasteiger partial charge in [0.2, 0.25) is 0 Å². The summed E-state index contributed by atoms with van der Waals surface area (Å²) in [7, 11) is 0. The Morgan fingerprint density at radius 3 is 2.89 bits per heavy atom. The molecular weight excluding hydrogens is 387 g/mol. The molecule has 0 amide bonds. The van der Waals surface area contributed by atoms with Gasteiger partial charge in [-0.15, -0.1) is 5.11 Å². The third-order valence-corrected chi connectivity index (χ3v) is 4.94. The molecule has 3 rings (SSSR count). The monoisotopic (exact) mass is 404 g/mol. The minimum Gasteiger partial charge on any atom is -0.463 e. The van der Waals surface area contributed by atoms with E-state index in [9.17, 15) is 4.79 Å². The van der Waals surface area contributed by atoms with Crippen molar-refractivity contribution in [3.8, 4) is 11.1 Å². The van der Waals surface area contributed by atoms with Crippen molar-refractivity contribution in [1.82, 2.24) is 0 Å². The van der Waals surface area contributed by atoms with Gasteiger partial charge in [0, 0.05) is 23.2 Å². The topological polar surface area (TPSA) is 89.1 Å². The summed E-state index contributed by atoms with van der Waals surface area (Å²) in [6, 6.07) is 11.2. The minimum atomic E-state index is -0.465. The molecule has 0 fully saturated rings. The maximum absolute atomic E-state index is 12.3. The van der Waals surface area contributed by atoms with Gasteiger partial charge in [-0.05, 0) is 42.3 Å². The number of esters is 1. The van der Waals surface area contributed by atoms with E-state index >= 15 is 0 Å². The first kappa shape index (κ1) is 19.2. The highest BCUT2D eigenvalue weighted by Crippen LogP contribution is 2.36. The number of hydrogen-bond acceptors (Lipinski definition) is 5. The van der Waals surface area contributed by atoms with Crippen molar-refractivity contribution in [3.05, 3.63) is 57.6 Å². The third kappa shape index (κ3) is 4.23. The van der Waals surface area contributed by atoms with E-state index in [0.717, 1.165) is 22.4 Å². The second-order valence-electron chi connectivity index (χ2n) is 5.89. The van der Waals surface area contributed by atoms with Gasteiger partial charge < -0.3 is 15.9 Å². The average molecular weight is 405 g/mol. The molecule has 6 nitrogen and oxygen atoms in total. The van der Waals surface area contributed by atoms with Crippen LogP contribution in [0.5, 0.6) is 0 Å². The van der Waals surface area contributed by atoms with Crippen molar-refractivity contribution in [2.75, 3.05) is 11.9 Å². The summed E-state index contributed by atoms with van der Waals surface area (Å²) in [4.78, 5) is 12.3. The van der Waals surface area contributed by atoms with Crippen molar-refractivity contribution in [2.45, 2.75) is 19.5 Å². The highest BCUT2D eigenvalue weighted by atomic mass is 35.5. The molecule has 0 aromatic heterocycles. The van der Waals surface area contributed by atoms with E-state index in [1.165, 1.54) is 0 Å². The van der Waals surface area contributed by atoms with Crippen LogP contribution in [-0.4, -0.2) is 18.7 Å². The van der Waals surface area contributed by atoms with Gasteiger partial charge in [-0.1, -0.05) is 46.6 Å². The number of nitrogens with one attached hydrogen (secondary N) is 1. The molecule has 0 spiro atoms. The zero-order valence-corrected chi connectivity index (χ0v) is 16.1. The molecule has 0 saturated heterocycles. The van der Waals surface area contributed by atoms with Crippen LogP contribution in [0, 0.1) is 0 Å². The van der Waals surface area contributed by atoms with Crippen LogP contribution >= 0.6 is 23.2 Å². The highest BCUT2D eigenvalue weighted by Gasteiger charge is 2.22. The smallest absolute Gasteiger partial charge is 0.334 e. The molecule has 27 heavy (non-hydrogen) atoms. The summed E-state index contributed by atoms with van der Waals surface area (Å²) in [6.07, 6.45) is 1.63. The number of carbonyl (C=O) groups excluding carboxylic acids is 1. The Balaban J connectivity index is 2.08. The maximum Gasteiger partial charge on any atom is 0.334 e. The van der Waals surface area contributed by atoms with Gasteiger partial charge >= 0.3 is 5.97 Å². The van der Waals surface area contributed by atoms with E-state index in [4.69, 9.17) is 33.8 Å².